The highest BCUT2D eigenvalue weighted by Crippen LogP contribution is 2.45. The van der Waals surface area contributed by atoms with Crippen LogP contribution < -0.4 is 20.3 Å². The van der Waals surface area contributed by atoms with E-state index in [1.165, 1.54) is 12.5 Å². The molecule has 4 fully saturated rings. The van der Waals surface area contributed by atoms with Crippen LogP contribution in [0.5, 0.6) is 5.75 Å². The van der Waals surface area contributed by atoms with Gasteiger partial charge in [-0.1, -0.05) is 18.7 Å². The average molecular weight is 564 g/mol. The Morgan fingerprint density at radius 1 is 1.22 bits per heavy atom. The Balaban J connectivity index is 1.22. The van der Waals surface area contributed by atoms with Crippen LogP contribution in [0, 0.1) is 17.2 Å². The van der Waals surface area contributed by atoms with Crippen LogP contribution in [0.15, 0.2) is 36.9 Å². The topological polar surface area (TPSA) is 96.3 Å². The maximum absolute atomic E-state index is 12.6. The van der Waals surface area contributed by atoms with Gasteiger partial charge in [0.25, 0.3) is 0 Å². The number of benzene rings is 1. The Morgan fingerprint density at radius 3 is 2.85 bits per heavy atom. The van der Waals surface area contributed by atoms with Crippen LogP contribution in [0.25, 0.3) is 0 Å². The average Bonchev–Trinajstić information content (AvgIpc) is 3.39. The van der Waals surface area contributed by atoms with Gasteiger partial charge in [-0.15, -0.1) is 0 Å². The summed E-state index contributed by atoms with van der Waals surface area (Å²) in [5.41, 5.74) is 0.891. The normalized spacial score (nSPS) is 35.8. The lowest BCUT2D eigenvalue weighted by atomic mass is 9.72. The molecule has 0 aromatic heterocycles. The van der Waals surface area contributed by atoms with Crippen LogP contribution >= 0.6 is 0 Å². The fourth-order valence-corrected chi connectivity index (χ4v) is 7.93. The maximum Gasteiger partial charge on any atom is 0.246 e. The zero-order valence-corrected chi connectivity index (χ0v) is 24.5. The maximum atomic E-state index is 12.6. The second-order valence-corrected chi connectivity index (χ2v) is 12.6. The number of carbonyl (C=O) groups is 1. The van der Waals surface area contributed by atoms with Gasteiger partial charge in [-0.2, -0.15) is 5.26 Å². The van der Waals surface area contributed by atoms with E-state index in [-0.39, 0.29) is 36.1 Å². The van der Waals surface area contributed by atoms with Crippen molar-refractivity contribution in [2.24, 2.45) is 5.92 Å². The van der Waals surface area contributed by atoms with Gasteiger partial charge in [0.05, 0.1) is 43.5 Å². The number of amides is 1. The fourth-order valence-electron chi connectivity index (χ4n) is 7.93. The third-order valence-electron chi connectivity index (χ3n) is 10.1. The quantitative estimate of drug-likeness (QED) is 0.504. The number of piperazine rings is 1. The minimum atomic E-state index is -0.277. The zero-order valence-electron chi connectivity index (χ0n) is 24.5. The number of carbonyl (C=O) groups excluding carboxylic acids is 1. The van der Waals surface area contributed by atoms with Gasteiger partial charge < -0.3 is 24.2 Å². The number of likely N-dealkylation sites (N-methyl/N-ethyl adjacent to an activating group) is 2. The van der Waals surface area contributed by atoms with Crippen LogP contribution in [0.1, 0.15) is 38.5 Å². The van der Waals surface area contributed by atoms with Crippen molar-refractivity contribution in [3.63, 3.8) is 0 Å². The van der Waals surface area contributed by atoms with Crippen molar-refractivity contribution >= 4 is 11.6 Å². The third kappa shape index (κ3) is 5.71. The molecule has 0 radical (unpaired) electrons. The van der Waals surface area contributed by atoms with E-state index in [1.54, 1.807) is 0 Å². The number of nitriles is 1. The summed E-state index contributed by atoms with van der Waals surface area (Å²) in [5, 5.41) is 17.2. The molecule has 1 amide bonds. The second kappa shape index (κ2) is 11.9. The van der Waals surface area contributed by atoms with Crippen molar-refractivity contribution in [2.45, 2.75) is 74.8 Å². The van der Waals surface area contributed by atoms with Crippen LogP contribution in [-0.4, -0.2) is 110 Å². The molecular formula is C31H45N7O3. The fraction of sp³-hybridized carbons (Fsp3) is 0.677. The summed E-state index contributed by atoms with van der Waals surface area (Å²) >= 11 is 0. The van der Waals surface area contributed by atoms with Crippen molar-refractivity contribution in [3.05, 3.63) is 36.9 Å². The van der Waals surface area contributed by atoms with E-state index in [1.807, 2.05) is 4.90 Å². The Morgan fingerprint density at radius 2 is 2.07 bits per heavy atom. The van der Waals surface area contributed by atoms with Gasteiger partial charge in [-0.3, -0.25) is 20.3 Å². The lowest BCUT2D eigenvalue weighted by molar-refractivity contribution is -0.139. The zero-order chi connectivity index (χ0) is 28.6. The third-order valence-corrected chi connectivity index (χ3v) is 10.1. The summed E-state index contributed by atoms with van der Waals surface area (Å²) in [5.74, 6) is 1.22. The van der Waals surface area contributed by atoms with E-state index in [0.717, 1.165) is 56.8 Å². The van der Waals surface area contributed by atoms with Gasteiger partial charge in [0, 0.05) is 51.1 Å². The molecule has 1 aromatic rings. The predicted octanol–water partition coefficient (Wildman–Crippen LogP) is 1.95. The molecule has 7 atom stereocenters. The van der Waals surface area contributed by atoms with Crippen LogP contribution in [0.4, 0.5) is 5.69 Å². The van der Waals surface area contributed by atoms with E-state index in [4.69, 9.17) is 9.47 Å². The molecule has 3 saturated heterocycles. The molecule has 1 spiro atoms. The monoisotopic (exact) mass is 563 g/mol. The van der Waals surface area contributed by atoms with Crippen molar-refractivity contribution in [1.82, 2.24) is 25.3 Å². The van der Waals surface area contributed by atoms with E-state index in [9.17, 15) is 10.1 Å². The van der Waals surface area contributed by atoms with E-state index >= 15 is 0 Å². The second-order valence-electron chi connectivity index (χ2n) is 12.6. The van der Waals surface area contributed by atoms with Gasteiger partial charge in [0.1, 0.15) is 11.4 Å². The molecule has 2 N–H and O–H groups in total. The van der Waals surface area contributed by atoms with E-state index in [0.29, 0.717) is 38.1 Å². The number of nitrogens with zero attached hydrogens (tertiary/aromatic N) is 5. The summed E-state index contributed by atoms with van der Waals surface area (Å²) < 4.78 is 13.3. The molecular weight excluding hydrogens is 518 g/mol. The Kier molecular flexibility index (Phi) is 8.25. The van der Waals surface area contributed by atoms with Gasteiger partial charge in [0.2, 0.25) is 5.91 Å². The number of rotatable bonds is 6. The number of hydrogen-bond donors (Lipinski definition) is 2. The van der Waals surface area contributed by atoms with Crippen LogP contribution in [-0.2, 0) is 9.53 Å². The number of ether oxygens (including phenoxy) is 2. The molecule has 41 heavy (non-hydrogen) atoms. The van der Waals surface area contributed by atoms with Gasteiger partial charge >= 0.3 is 0 Å². The smallest absolute Gasteiger partial charge is 0.246 e. The Hall–Kier alpha value is -2.68. The molecule has 6 unspecified atom stereocenters. The summed E-state index contributed by atoms with van der Waals surface area (Å²) in [6.07, 6.45) is 6.74. The van der Waals surface area contributed by atoms with Gasteiger partial charge in [-0.25, -0.2) is 0 Å². The number of para-hydroxylation sites is 2. The summed E-state index contributed by atoms with van der Waals surface area (Å²) in [7, 11) is 4.35. The number of anilines is 1. The van der Waals surface area contributed by atoms with E-state index in [2.05, 4.69) is 76.3 Å². The highest BCUT2D eigenvalue weighted by Gasteiger charge is 2.52. The molecule has 1 saturated carbocycles. The highest BCUT2D eigenvalue weighted by molar-refractivity contribution is 5.87. The first-order chi connectivity index (χ1) is 19.9. The molecule has 4 aliphatic heterocycles. The molecule has 10 nitrogen and oxygen atoms in total. The number of nitrogens with one attached hydrogen (secondary N) is 2. The molecule has 4 heterocycles. The number of fused-ring (bicyclic) bond motifs is 2. The highest BCUT2D eigenvalue weighted by atomic mass is 16.5. The minimum absolute atomic E-state index is 0.0840. The molecule has 10 heteroatoms. The minimum Gasteiger partial charge on any atom is -0.483 e. The molecule has 6 rings (SSSR count). The largest absolute Gasteiger partial charge is 0.483 e. The molecule has 5 aliphatic rings. The lowest BCUT2D eigenvalue weighted by Gasteiger charge is -2.56. The number of likely N-dealkylation sites (tertiary alicyclic amines) is 1. The molecule has 1 aliphatic carbocycles. The van der Waals surface area contributed by atoms with Gasteiger partial charge in [-0.05, 0) is 57.5 Å². The summed E-state index contributed by atoms with van der Waals surface area (Å²) in [6.45, 7) is 8.34. The Labute approximate surface area is 244 Å². The molecule has 1 aromatic carbocycles. The SMILES string of the molecule is C=CC(=O)N1CCN(C2NC(OCC3CCCN3C)NC3C[C@]4(CCC32)CN(C)c2ccccc2O4)CC1CC#N. The standard InChI is InChI=1S/C31H45N7O3/c1-4-28(39)38-17-16-37(19-22(38)12-14-32)29-24-11-13-31(21-36(3)26-9-5-6-10-27(26)41-31)18-25(24)33-30(34-29)40-20-23-8-7-15-35(23)2/h4-6,9-10,22-25,29-30,33-34H,1,7-8,11-13,15-21H2,2-3H3/t22?,23?,24?,25?,29?,30?,31-/m1/s1. The summed E-state index contributed by atoms with van der Waals surface area (Å²) in [4.78, 5) is 21.5. The predicted molar refractivity (Wildman–Crippen MR) is 157 cm³/mol. The first kappa shape index (κ1) is 28.4. The molecule has 222 valence electrons. The van der Waals surface area contributed by atoms with Crippen molar-refractivity contribution < 1.29 is 14.3 Å². The summed E-state index contributed by atoms with van der Waals surface area (Å²) in [6, 6.07) is 11.1. The lowest BCUT2D eigenvalue weighted by Crippen LogP contribution is -2.73. The number of hydrogen-bond acceptors (Lipinski definition) is 9. The van der Waals surface area contributed by atoms with Crippen LogP contribution in [0.3, 0.4) is 0 Å². The van der Waals surface area contributed by atoms with Crippen molar-refractivity contribution in [2.75, 3.05) is 58.3 Å². The first-order valence-electron chi connectivity index (χ1n) is 15.3. The molecule has 0 bridgehead atoms. The Bertz CT molecular complexity index is 1160. The van der Waals surface area contributed by atoms with Crippen molar-refractivity contribution in [3.8, 4) is 11.8 Å². The van der Waals surface area contributed by atoms with Crippen molar-refractivity contribution in [1.29, 1.82) is 5.26 Å². The first-order valence-corrected chi connectivity index (χ1v) is 15.3. The van der Waals surface area contributed by atoms with Crippen LogP contribution in [0.2, 0.25) is 0 Å². The van der Waals surface area contributed by atoms with Gasteiger partial charge in [0.15, 0.2) is 6.35 Å². The van der Waals surface area contributed by atoms with E-state index < -0.39 is 0 Å².